The summed E-state index contributed by atoms with van der Waals surface area (Å²) < 4.78 is 5.38. The molecule has 6 heteroatoms. The molecule has 2 atom stereocenters. The van der Waals surface area contributed by atoms with E-state index in [0.717, 1.165) is 22.3 Å². The van der Waals surface area contributed by atoms with Gasteiger partial charge in [0.05, 0.1) is 0 Å². The number of rotatable bonds is 6. The summed E-state index contributed by atoms with van der Waals surface area (Å²) in [5, 5.41) is 22.1. The van der Waals surface area contributed by atoms with Crippen LogP contribution in [0.15, 0.2) is 78.9 Å². The molecule has 3 aromatic carbocycles. The van der Waals surface area contributed by atoms with Crippen molar-refractivity contribution in [1.82, 2.24) is 5.32 Å². The molecule has 0 spiro atoms. The maximum Gasteiger partial charge on any atom is 0.407 e. The number of carbonyl (C=O) groups is 2. The van der Waals surface area contributed by atoms with Gasteiger partial charge in [-0.1, -0.05) is 78.9 Å². The van der Waals surface area contributed by atoms with Crippen molar-refractivity contribution in [2.24, 2.45) is 0 Å². The number of ether oxygens (including phenoxy) is 1. The SMILES string of the molecule is O=C(NC(C(=O)O)C(O)c1ccccc1)OCC1c2ccccc2-c2ccccc21. The average molecular weight is 403 g/mol. The third-order valence-corrected chi connectivity index (χ3v) is 5.34. The smallest absolute Gasteiger partial charge is 0.407 e. The van der Waals surface area contributed by atoms with Gasteiger partial charge in [0.25, 0.3) is 0 Å². The first kappa shape index (κ1) is 19.7. The fraction of sp³-hybridized carbons (Fsp3) is 0.167. The molecule has 1 aliphatic carbocycles. The number of carboxylic acid groups (broad SMARTS) is 1. The van der Waals surface area contributed by atoms with Gasteiger partial charge < -0.3 is 20.3 Å². The Morgan fingerprint density at radius 2 is 1.40 bits per heavy atom. The number of nitrogens with one attached hydrogen (secondary N) is 1. The number of benzene rings is 3. The molecule has 0 aliphatic heterocycles. The summed E-state index contributed by atoms with van der Waals surface area (Å²) >= 11 is 0. The van der Waals surface area contributed by atoms with Gasteiger partial charge in [-0.15, -0.1) is 0 Å². The van der Waals surface area contributed by atoms with Crippen LogP contribution in [0.1, 0.15) is 28.7 Å². The number of aliphatic hydroxyl groups is 1. The van der Waals surface area contributed by atoms with Gasteiger partial charge >= 0.3 is 12.1 Å². The van der Waals surface area contributed by atoms with Crippen LogP contribution in [-0.2, 0) is 9.53 Å². The molecule has 6 nitrogen and oxygen atoms in total. The Bertz CT molecular complexity index is 1020. The van der Waals surface area contributed by atoms with Gasteiger partial charge in [-0.2, -0.15) is 0 Å². The number of carbonyl (C=O) groups excluding carboxylic acids is 1. The maximum atomic E-state index is 12.4. The van der Waals surface area contributed by atoms with Crippen LogP contribution in [-0.4, -0.2) is 34.9 Å². The van der Waals surface area contributed by atoms with E-state index in [1.165, 1.54) is 0 Å². The number of amides is 1. The van der Waals surface area contributed by atoms with E-state index >= 15 is 0 Å². The van der Waals surface area contributed by atoms with Crippen molar-refractivity contribution >= 4 is 12.1 Å². The molecule has 1 aliphatic rings. The Kier molecular flexibility index (Phi) is 5.50. The number of hydrogen-bond acceptors (Lipinski definition) is 4. The van der Waals surface area contributed by atoms with Crippen LogP contribution in [0.25, 0.3) is 11.1 Å². The maximum absolute atomic E-state index is 12.4. The minimum Gasteiger partial charge on any atom is -0.480 e. The molecule has 2 unspecified atom stereocenters. The van der Waals surface area contributed by atoms with E-state index in [4.69, 9.17) is 4.74 Å². The molecule has 4 rings (SSSR count). The first-order valence-electron chi connectivity index (χ1n) is 9.63. The van der Waals surface area contributed by atoms with Crippen LogP contribution in [0, 0.1) is 0 Å². The zero-order valence-corrected chi connectivity index (χ0v) is 16.1. The van der Waals surface area contributed by atoms with Gasteiger partial charge in [0.1, 0.15) is 12.7 Å². The molecule has 152 valence electrons. The van der Waals surface area contributed by atoms with Gasteiger partial charge in [-0.05, 0) is 27.8 Å². The van der Waals surface area contributed by atoms with Gasteiger partial charge in [0.15, 0.2) is 6.04 Å². The standard InChI is InChI=1S/C24H21NO5/c26-22(15-8-2-1-3-9-15)21(23(27)28)25-24(29)30-14-20-18-12-6-4-10-16(18)17-11-5-7-13-19(17)20/h1-13,20-22,26H,14H2,(H,25,29)(H,27,28). The minimum atomic E-state index is -1.52. The number of hydrogen-bond donors (Lipinski definition) is 3. The molecular weight excluding hydrogens is 382 g/mol. The number of alkyl carbamates (subject to hydrolysis) is 1. The lowest BCUT2D eigenvalue weighted by Crippen LogP contribution is -2.45. The topological polar surface area (TPSA) is 95.9 Å². The van der Waals surface area contributed by atoms with Crippen molar-refractivity contribution in [3.8, 4) is 11.1 Å². The monoisotopic (exact) mass is 403 g/mol. The highest BCUT2D eigenvalue weighted by Crippen LogP contribution is 2.44. The highest BCUT2D eigenvalue weighted by Gasteiger charge is 2.32. The van der Waals surface area contributed by atoms with Gasteiger partial charge in [0.2, 0.25) is 0 Å². The van der Waals surface area contributed by atoms with E-state index in [1.807, 2.05) is 48.5 Å². The quantitative estimate of drug-likeness (QED) is 0.583. The van der Waals surface area contributed by atoms with Crippen molar-refractivity contribution < 1.29 is 24.5 Å². The predicted octanol–water partition coefficient (Wildman–Crippen LogP) is 3.71. The Hall–Kier alpha value is -3.64. The number of aliphatic carboxylic acids is 1. The molecule has 3 aromatic rings. The first-order chi connectivity index (χ1) is 14.6. The normalized spacial score (nSPS) is 14.3. The van der Waals surface area contributed by atoms with E-state index in [-0.39, 0.29) is 12.5 Å². The van der Waals surface area contributed by atoms with Crippen LogP contribution >= 0.6 is 0 Å². The summed E-state index contributed by atoms with van der Waals surface area (Å²) in [4.78, 5) is 24.0. The molecule has 0 heterocycles. The second kappa shape index (κ2) is 8.39. The Morgan fingerprint density at radius 3 is 1.97 bits per heavy atom. The average Bonchev–Trinajstić information content (AvgIpc) is 3.10. The Morgan fingerprint density at radius 1 is 0.867 bits per heavy atom. The van der Waals surface area contributed by atoms with Crippen molar-refractivity contribution in [1.29, 1.82) is 0 Å². The summed E-state index contributed by atoms with van der Waals surface area (Å²) in [5.74, 6) is -1.48. The summed E-state index contributed by atoms with van der Waals surface area (Å²) in [6.07, 6.45) is -2.29. The summed E-state index contributed by atoms with van der Waals surface area (Å²) in [6, 6.07) is 22.7. The van der Waals surface area contributed by atoms with Crippen LogP contribution < -0.4 is 5.32 Å². The minimum absolute atomic E-state index is 0.0631. The molecule has 30 heavy (non-hydrogen) atoms. The summed E-state index contributed by atoms with van der Waals surface area (Å²) in [6.45, 7) is 0.0631. The van der Waals surface area contributed by atoms with Crippen LogP contribution in [0.2, 0.25) is 0 Å². The molecule has 0 saturated heterocycles. The van der Waals surface area contributed by atoms with Crippen LogP contribution in [0.3, 0.4) is 0 Å². The van der Waals surface area contributed by atoms with E-state index in [0.29, 0.717) is 5.56 Å². The number of fused-ring (bicyclic) bond motifs is 3. The number of carboxylic acids is 1. The van der Waals surface area contributed by atoms with Crippen molar-refractivity contribution in [2.45, 2.75) is 18.1 Å². The lowest BCUT2D eigenvalue weighted by molar-refractivity contribution is -0.142. The van der Waals surface area contributed by atoms with Crippen molar-refractivity contribution in [3.05, 3.63) is 95.6 Å². The highest BCUT2D eigenvalue weighted by molar-refractivity contribution is 5.81. The van der Waals surface area contributed by atoms with Gasteiger partial charge in [-0.25, -0.2) is 9.59 Å². The predicted molar refractivity (Wildman–Crippen MR) is 111 cm³/mol. The lowest BCUT2D eigenvalue weighted by atomic mass is 9.98. The van der Waals surface area contributed by atoms with Crippen LogP contribution in [0.5, 0.6) is 0 Å². The van der Waals surface area contributed by atoms with E-state index in [2.05, 4.69) is 5.32 Å². The molecular formula is C24H21NO5. The molecule has 0 bridgehead atoms. The first-order valence-corrected chi connectivity index (χ1v) is 9.63. The molecule has 3 N–H and O–H groups in total. The van der Waals surface area contributed by atoms with Gasteiger partial charge in [-0.3, -0.25) is 0 Å². The molecule has 0 radical (unpaired) electrons. The highest BCUT2D eigenvalue weighted by atomic mass is 16.5. The summed E-state index contributed by atoms with van der Waals surface area (Å²) in [5.41, 5.74) is 4.72. The zero-order valence-electron chi connectivity index (χ0n) is 16.1. The third kappa shape index (κ3) is 3.77. The van der Waals surface area contributed by atoms with E-state index < -0.39 is 24.2 Å². The second-order valence-corrected chi connectivity index (χ2v) is 7.14. The largest absolute Gasteiger partial charge is 0.480 e. The lowest BCUT2D eigenvalue weighted by Gasteiger charge is -2.21. The Labute approximate surface area is 173 Å². The third-order valence-electron chi connectivity index (χ3n) is 5.34. The second-order valence-electron chi connectivity index (χ2n) is 7.14. The zero-order chi connectivity index (χ0) is 21.1. The molecule has 0 aromatic heterocycles. The van der Waals surface area contributed by atoms with Crippen LogP contribution in [0.4, 0.5) is 4.79 Å². The Balaban J connectivity index is 1.46. The molecule has 0 saturated carbocycles. The van der Waals surface area contributed by atoms with Gasteiger partial charge in [0, 0.05) is 5.92 Å². The number of aliphatic hydroxyl groups excluding tert-OH is 1. The van der Waals surface area contributed by atoms with Crippen molar-refractivity contribution in [2.75, 3.05) is 6.61 Å². The fourth-order valence-electron chi connectivity index (χ4n) is 3.89. The molecule has 1 amide bonds. The summed E-state index contributed by atoms with van der Waals surface area (Å²) in [7, 11) is 0. The fourth-order valence-corrected chi connectivity index (χ4v) is 3.89. The van der Waals surface area contributed by atoms with Crippen molar-refractivity contribution in [3.63, 3.8) is 0 Å². The van der Waals surface area contributed by atoms with E-state index in [1.54, 1.807) is 30.3 Å². The van der Waals surface area contributed by atoms with E-state index in [9.17, 15) is 19.8 Å². The molecule has 0 fully saturated rings.